The largest absolute Gasteiger partial charge is 0.366 e. The third kappa shape index (κ3) is 4.47. The summed E-state index contributed by atoms with van der Waals surface area (Å²) in [6.07, 6.45) is 5.96. The monoisotopic (exact) mass is 515 g/mol. The van der Waals surface area contributed by atoms with Crippen LogP contribution in [0.5, 0.6) is 0 Å². The molecule has 2 aromatic heterocycles. The first-order chi connectivity index (χ1) is 18.4. The second-order valence-electron chi connectivity index (χ2n) is 10.5. The Bertz CT molecular complexity index is 1390. The Morgan fingerprint density at radius 3 is 2.53 bits per heavy atom. The van der Waals surface area contributed by atoms with Gasteiger partial charge in [0.15, 0.2) is 11.5 Å². The number of nitrogens with zero attached hydrogens (tertiary/aromatic N) is 6. The molecule has 0 bridgehead atoms. The van der Waals surface area contributed by atoms with Crippen molar-refractivity contribution >= 4 is 34.7 Å². The molecule has 0 spiro atoms. The standard InChI is InChI=1S/C27H33N9O2/c1-28-27(38)24-21(13-23(32-33-24)31-26(37)16-7-8-16)30-20-6-4-5-18-19-14-29-36(17-9-11-34(2)12-10-17)22(19)15-35(3)25(18)20/h4-6,13-14,16-17H,7-12,15H2,1-3H3,(H,28,38)(H2,30,31,32,37). The van der Waals surface area contributed by atoms with Crippen LogP contribution in [0.3, 0.4) is 0 Å². The van der Waals surface area contributed by atoms with Gasteiger partial charge >= 0.3 is 0 Å². The fourth-order valence-electron chi connectivity index (χ4n) is 5.45. The molecule has 0 unspecified atom stereocenters. The van der Waals surface area contributed by atoms with E-state index in [1.165, 1.54) is 5.69 Å². The lowest BCUT2D eigenvalue weighted by Crippen LogP contribution is -2.33. The molecule has 0 radical (unpaired) electrons. The molecule has 3 aliphatic rings. The summed E-state index contributed by atoms with van der Waals surface area (Å²) in [6, 6.07) is 8.18. The van der Waals surface area contributed by atoms with Crippen molar-refractivity contribution < 1.29 is 9.59 Å². The van der Waals surface area contributed by atoms with Gasteiger partial charge in [-0.25, -0.2) is 0 Å². The molecule has 0 atom stereocenters. The molecule has 4 heterocycles. The zero-order chi connectivity index (χ0) is 26.4. The Morgan fingerprint density at radius 2 is 1.79 bits per heavy atom. The molecule has 1 saturated carbocycles. The van der Waals surface area contributed by atoms with E-state index in [1.54, 1.807) is 13.1 Å². The smallest absolute Gasteiger partial charge is 0.273 e. The number of fused-ring (bicyclic) bond motifs is 3. The third-order valence-corrected chi connectivity index (χ3v) is 7.73. The molecule has 3 N–H and O–H groups in total. The molecule has 38 heavy (non-hydrogen) atoms. The molecule has 2 amide bonds. The van der Waals surface area contributed by atoms with Crippen LogP contribution in [0.25, 0.3) is 11.1 Å². The summed E-state index contributed by atoms with van der Waals surface area (Å²) in [7, 11) is 5.80. The number of para-hydroxylation sites is 1. The number of benzene rings is 1. The number of carbonyl (C=O) groups excluding carboxylic acids is 2. The van der Waals surface area contributed by atoms with Crippen LogP contribution in [-0.2, 0) is 11.3 Å². The van der Waals surface area contributed by atoms with Crippen molar-refractivity contribution in [1.29, 1.82) is 0 Å². The van der Waals surface area contributed by atoms with E-state index in [1.807, 2.05) is 18.3 Å². The van der Waals surface area contributed by atoms with Crippen LogP contribution in [0.15, 0.2) is 30.5 Å². The van der Waals surface area contributed by atoms with E-state index in [2.05, 4.69) is 60.8 Å². The summed E-state index contributed by atoms with van der Waals surface area (Å²) >= 11 is 0. The highest BCUT2D eigenvalue weighted by Crippen LogP contribution is 2.45. The molecule has 198 valence electrons. The van der Waals surface area contributed by atoms with Crippen LogP contribution >= 0.6 is 0 Å². The number of nitrogens with one attached hydrogen (secondary N) is 3. The number of amides is 2. The number of likely N-dealkylation sites (tertiary alicyclic amines) is 1. The highest BCUT2D eigenvalue weighted by molar-refractivity contribution is 6.01. The van der Waals surface area contributed by atoms with Gasteiger partial charge in [-0.15, -0.1) is 10.2 Å². The molecular formula is C27H33N9O2. The lowest BCUT2D eigenvalue weighted by molar-refractivity contribution is -0.117. The van der Waals surface area contributed by atoms with E-state index in [-0.39, 0.29) is 23.4 Å². The minimum atomic E-state index is -0.361. The van der Waals surface area contributed by atoms with Gasteiger partial charge in [0.1, 0.15) is 0 Å². The SMILES string of the molecule is CNC(=O)c1nnc(NC(=O)C2CC2)cc1Nc1cccc2c1N(C)Cc1c-2cnn1C1CCN(C)CC1. The number of hydrogen-bond acceptors (Lipinski definition) is 8. The maximum absolute atomic E-state index is 12.6. The summed E-state index contributed by atoms with van der Waals surface area (Å²) < 4.78 is 2.23. The summed E-state index contributed by atoms with van der Waals surface area (Å²) in [5, 5.41) is 21.9. The summed E-state index contributed by atoms with van der Waals surface area (Å²) in [5.41, 5.74) is 5.94. The zero-order valence-electron chi connectivity index (χ0n) is 22.0. The number of aromatic nitrogens is 4. The molecule has 11 heteroatoms. The highest BCUT2D eigenvalue weighted by Gasteiger charge is 2.31. The average Bonchev–Trinajstić information content (AvgIpc) is 3.69. The van der Waals surface area contributed by atoms with Gasteiger partial charge in [0.05, 0.1) is 41.5 Å². The first kappa shape index (κ1) is 24.4. The van der Waals surface area contributed by atoms with Crippen LogP contribution in [0, 0.1) is 5.92 Å². The fourth-order valence-corrected chi connectivity index (χ4v) is 5.45. The second-order valence-corrected chi connectivity index (χ2v) is 10.5. The molecule has 6 rings (SSSR count). The maximum atomic E-state index is 12.6. The van der Waals surface area contributed by atoms with Crippen LogP contribution in [-0.4, -0.2) is 70.9 Å². The Kier molecular flexibility index (Phi) is 6.22. The minimum Gasteiger partial charge on any atom is -0.366 e. The number of hydrogen-bond donors (Lipinski definition) is 3. The van der Waals surface area contributed by atoms with Gasteiger partial charge in [-0.3, -0.25) is 14.3 Å². The average molecular weight is 516 g/mol. The van der Waals surface area contributed by atoms with Crippen molar-refractivity contribution in [1.82, 2.24) is 30.2 Å². The van der Waals surface area contributed by atoms with Crippen molar-refractivity contribution in [2.24, 2.45) is 5.92 Å². The zero-order valence-corrected chi connectivity index (χ0v) is 22.0. The van der Waals surface area contributed by atoms with Crippen molar-refractivity contribution in [2.45, 2.75) is 38.3 Å². The van der Waals surface area contributed by atoms with Gasteiger partial charge in [0.2, 0.25) is 5.91 Å². The first-order valence-electron chi connectivity index (χ1n) is 13.2. The highest BCUT2D eigenvalue weighted by atomic mass is 16.2. The van der Waals surface area contributed by atoms with Gasteiger partial charge < -0.3 is 25.8 Å². The topological polar surface area (TPSA) is 120 Å². The first-order valence-corrected chi connectivity index (χ1v) is 13.2. The molecule has 2 fully saturated rings. The van der Waals surface area contributed by atoms with Gasteiger partial charge in [-0.1, -0.05) is 12.1 Å². The Labute approximate surface area is 221 Å². The van der Waals surface area contributed by atoms with Crippen LogP contribution < -0.4 is 20.9 Å². The second kappa shape index (κ2) is 9.71. The lowest BCUT2D eigenvalue weighted by atomic mass is 9.97. The van der Waals surface area contributed by atoms with Crippen molar-refractivity contribution in [3.8, 4) is 11.1 Å². The van der Waals surface area contributed by atoms with Crippen molar-refractivity contribution in [3.05, 3.63) is 41.9 Å². The van der Waals surface area contributed by atoms with Gasteiger partial charge in [0, 0.05) is 37.2 Å². The van der Waals surface area contributed by atoms with E-state index in [9.17, 15) is 9.59 Å². The van der Waals surface area contributed by atoms with E-state index >= 15 is 0 Å². The Hall–Kier alpha value is -3.99. The van der Waals surface area contributed by atoms with Crippen molar-refractivity contribution in [3.63, 3.8) is 0 Å². The molecule has 11 nitrogen and oxygen atoms in total. The quantitative estimate of drug-likeness (QED) is 0.458. The van der Waals surface area contributed by atoms with E-state index < -0.39 is 0 Å². The van der Waals surface area contributed by atoms with Crippen LogP contribution in [0.4, 0.5) is 22.9 Å². The molecule has 3 aromatic rings. The third-order valence-electron chi connectivity index (χ3n) is 7.73. The normalized spacial score (nSPS) is 17.5. The van der Waals surface area contributed by atoms with Crippen LogP contribution in [0.1, 0.15) is 47.9 Å². The van der Waals surface area contributed by atoms with E-state index in [0.29, 0.717) is 17.5 Å². The number of piperidine rings is 1. The van der Waals surface area contributed by atoms with Gasteiger partial charge in [0.25, 0.3) is 5.91 Å². The maximum Gasteiger partial charge on any atom is 0.273 e. The van der Waals surface area contributed by atoms with E-state index in [0.717, 1.165) is 67.8 Å². The number of carbonyl (C=O) groups is 2. The Morgan fingerprint density at radius 1 is 1.00 bits per heavy atom. The van der Waals surface area contributed by atoms with E-state index in [4.69, 9.17) is 5.10 Å². The summed E-state index contributed by atoms with van der Waals surface area (Å²) in [6.45, 7) is 2.89. The molecule has 1 saturated heterocycles. The van der Waals surface area contributed by atoms with Gasteiger partial charge in [-0.2, -0.15) is 5.10 Å². The predicted molar refractivity (Wildman–Crippen MR) is 146 cm³/mol. The molecule has 1 aromatic carbocycles. The fraction of sp³-hybridized carbons (Fsp3) is 0.444. The predicted octanol–water partition coefficient (Wildman–Crippen LogP) is 3.01. The lowest BCUT2D eigenvalue weighted by Gasteiger charge is -2.34. The summed E-state index contributed by atoms with van der Waals surface area (Å²) in [5.74, 6) is -0.0769. The van der Waals surface area contributed by atoms with Crippen LogP contribution in [0.2, 0.25) is 0 Å². The Balaban J connectivity index is 1.34. The molecule has 2 aliphatic heterocycles. The molecular weight excluding hydrogens is 482 g/mol. The van der Waals surface area contributed by atoms with Crippen molar-refractivity contribution in [2.75, 3.05) is 49.8 Å². The van der Waals surface area contributed by atoms with Gasteiger partial charge in [-0.05, 0) is 51.9 Å². The minimum absolute atomic E-state index is 0.0336. The summed E-state index contributed by atoms with van der Waals surface area (Å²) in [4.78, 5) is 29.5. The number of anilines is 4. The number of rotatable bonds is 6. The molecule has 1 aliphatic carbocycles.